The average Bonchev–Trinajstić information content (AvgIpc) is 2.71. The molecule has 0 unspecified atom stereocenters. The Morgan fingerprint density at radius 2 is 1.05 bits per heavy atom. The lowest BCUT2D eigenvalue weighted by Gasteiger charge is -2.42. The second kappa shape index (κ2) is 9.52. The largest absolute Gasteiger partial charge is 0.460 e. The number of halogens is 18. The van der Waals surface area contributed by atoms with Crippen molar-refractivity contribution in [2.45, 2.75) is 54.1 Å². The maximum Gasteiger partial charge on any atom is 0.460 e. The molecule has 0 aliphatic rings. The molecule has 0 saturated heterocycles. The summed E-state index contributed by atoms with van der Waals surface area (Å²) in [6.45, 7) is -1.14. The highest BCUT2D eigenvalue weighted by molar-refractivity contribution is 6.30. The molecule has 0 aliphatic heterocycles. The molecule has 0 spiro atoms. The summed E-state index contributed by atoms with van der Waals surface area (Å²) in [7, 11) is 0. The summed E-state index contributed by atoms with van der Waals surface area (Å²) in [6.07, 6.45) is -8.39. The summed E-state index contributed by atoms with van der Waals surface area (Å²) < 4.78 is 224. The second-order valence-corrected chi connectivity index (χ2v) is 7.59. The van der Waals surface area contributed by atoms with Gasteiger partial charge in [-0.2, -0.15) is 74.6 Å². The van der Waals surface area contributed by atoms with Gasteiger partial charge in [0.2, 0.25) is 0 Å². The first kappa shape index (κ1) is 32.8. The van der Waals surface area contributed by atoms with E-state index >= 15 is 0 Å². The molecule has 0 aromatic heterocycles. The SMILES string of the molecule is O=C(NCCc1cccc(Cl)c1)C(F)(F)C(F)(F)C(F)(F)C(F)(F)C(F)(F)C(F)(F)C(F)(F)C(F)(F)F. The van der Waals surface area contributed by atoms with Gasteiger partial charge in [-0.1, -0.05) is 23.7 Å². The second-order valence-electron chi connectivity index (χ2n) is 7.15. The first-order valence-electron chi connectivity index (χ1n) is 8.88. The normalized spacial score (nSPS) is 15.1. The van der Waals surface area contributed by atoms with Gasteiger partial charge in [0.25, 0.3) is 5.91 Å². The zero-order chi connectivity index (χ0) is 29.7. The van der Waals surface area contributed by atoms with Crippen LogP contribution in [0.2, 0.25) is 5.02 Å². The fourth-order valence-electron chi connectivity index (χ4n) is 2.43. The van der Waals surface area contributed by atoms with Gasteiger partial charge in [0.05, 0.1) is 0 Å². The van der Waals surface area contributed by atoms with E-state index in [-0.39, 0.29) is 10.6 Å². The molecule has 1 amide bonds. The van der Waals surface area contributed by atoms with Crippen molar-refractivity contribution in [3.8, 4) is 0 Å². The number of carbonyl (C=O) groups is 1. The van der Waals surface area contributed by atoms with Crippen molar-refractivity contribution in [2.75, 3.05) is 6.54 Å². The lowest BCUT2D eigenvalue weighted by Crippen LogP contribution is -2.75. The van der Waals surface area contributed by atoms with E-state index in [1.165, 1.54) is 18.2 Å². The van der Waals surface area contributed by atoms with E-state index in [1.807, 2.05) is 0 Å². The predicted octanol–water partition coefficient (Wildman–Crippen LogP) is 7.01. The standard InChI is InChI=1S/C17H9ClF17NO/c18-8-3-1-2-7(6-8)4-5-36-9(37)10(19,20)11(21,22)12(23,24)13(25,26)14(27,28)15(29,30)16(31,32)17(33,34)35/h1-3,6H,4-5H2,(H,36,37). The molecule has 1 aromatic rings. The third-order valence-corrected chi connectivity index (χ3v) is 4.83. The molecule has 214 valence electrons. The highest BCUT2D eigenvalue weighted by atomic mass is 35.5. The van der Waals surface area contributed by atoms with Crippen molar-refractivity contribution in [1.82, 2.24) is 5.32 Å². The van der Waals surface area contributed by atoms with E-state index < -0.39 is 66.5 Å². The van der Waals surface area contributed by atoms with E-state index in [9.17, 15) is 79.4 Å². The average molecular weight is 602 g/mol. The smallest absolute Gasteiger partial charge is 0.350 e. The summed E-state index contributed by atoms with van der Waals surface area (Å²) in [5.74, 6) is -61.6. The summed E-state index contributed by atoms with van der Waals surface area (Å²) in [6, 6.07) is 4.86. The van der Waals surface area contributed by atoms with E-state index in [0.717, 1.165) is 11.4 Å². The van der Waals surface area contributed by atoms with E-state index in [1.54, 1.807) is 0 Å². The maximum absolute atomic E-state index is 13.8. The number of hydrogen-bond donors (Lipinski definition) is 1. The summed E-state index contributed by atoms with van der Waals surface area (Å²) in [5.41, 5.74) is 0.0900. The number of hydrogen-bond acceptors (Lipinski definition) is 1. The molecular formula is C17H9ClF17NO. The van der Waals surface area contributed by atoms with Gasteiger partial charge in [0.15, 0.2) is 0 Å². The zero-order valence-corrected chi connectivity index (χ0v) is 17.7. The molecular weight excluding hydrogens is 593 g/mol. The quantitative estimate of drug-likeness (QED) is 0.288. The Hall–Kier alpha value is -2.21. The van der Waals surface area contributed by atoms with Crippen molar-refractivity contribution >= 4 is 17.5 Å². The third kappa shape index (κ3) is 4.98. The molecule has 0 saturated carbocycles. The van der Waals surface area contributed by atoms with Gasteiger partial charge < -0.3 is 5.32 Å². The number of nitrogens with one attached hydrogen (secondary N) is 1. The van der Waals surface area contributed by atoms with Gasteiger partial charge in [-0.3, -0.25) is 4.79 Å². The van der Waals surface area contributed by atoms with Gasteiger partial charge in [0.1, 0.15) is 0 Å². The molecule has 20 heteroatoms. The molecule has 37 heavy (non-hydrogen) atoms. The van der Waals surface area contributed by atoms with Crippen molar-refractivity contribution in [1.29, 1.82) is 0 Å². The molecule has 0 heterocycles. The van der Waals surface area contributed by atoms with Gasteiger partial charge in [-0.25, -0.2) is 0 Å². The fraction of sp³-hybridized carbons (Fsp3) is 0.588. The van der Waals surface area contributed by atoms with E-state index in [4.69, 9.17) is 11.6 Å². The number of amides is 1. The van der Waals surface area contributed by atoms with Crippen LogP contribution in [0.4, 0.5) is 74.6 Å². The Labute approximate surface area is 198 Å². The van der Waals surface area contributed by atoms with E-state index in [0.29, 0.717) is 0 Å². The summed E-state index contributed by atoms with van der Waals surface area (Å²) >= 11 is 5.55. The van der Waals surface area contributed by atoms with Crippen LogP contribution < -0.4 is 5.32 Å². The van der Waals surface area contributed by atoms with Crippen molar-refractivity contribution < 1.29 is 79.4 Å². The van der Waals surface area contributed by atoms with Crippen LogP contribution >= 0.6 is 11.6 Å². The first-order valence-corrected chi connectivity index (χ1v) is 9.26. The van der Waals surface area contributed by atoms with Crippen LogP contribution in [0.3, 0.4) is 0 Å². The molecule has 0 atom stereocenters. The van der Waals surface area contributed by atoms with Crippen LogP contribution in [0.25, 0.3) is 0 Å². The summed E-state index contributed by atoms with van der Waals surface area (Å²) in [4.78, 5) is 11.3. The Kier molecular flexibility index (Phi) is 8.44. The Balaban J connectivity index is 3.36. The number of carbonyl (C=O) groups excluding carboxylic acids is 1. The van der Waals surface area contributed by atoms with Gasteiger partial charge in [-0.15, -0.1) is 0 Å². The van der Waals surface area contributed by atoms with Crippen LogP contribution in [0.1, 0.15) is 5.56 Å². The van der Waals surface area contributed by atoms with Crippen molar-refractivity contribution in [2.24, 2.45) is 0 Å². The van der Waals surface area contributed by atoms with Crippen LogP contribution in [0.15, 0.2) is 24.3 Å². The third-order valence-electron chi connectivity index (χ3n) is 4.60. The zero-order valence-electron chi connectivity index (χ0n) is 16.9. The van der Waals surface area contributed by atoms with Gasteiger partial charge in [-0.05, 0) is 24.1 Å². The number of alkyl halides is 17. The Morgan fingerprint density at radius 1 is 0.649 bits per heavy atom. The van der Waals surface area contributed by atoms with Crippen LogP contribution in [-0.4, -0.2) is 60.1 Å². The molecule has 0 bridgehead atoms. The Morgan fingerprint density at radius 3 is 1.46 bits per heavy atom. The highest BCUT2D eigenvalue weighted by Gasteiger charge is 2.95. The minimum absolute atomic E-state index is 0.0244. The summed E-state index contributed by atoms with van der Waals surface area (Å²) in [5, 5.41) is 0.863. The van der Waals surface area contributed by atoms with Crippen molar-refractivity contribution in [3.05, 3.63) is 34.9 Å². The molecule has 0 radical (unpaired) electrons. The van der Waals surface area contributed by atoms with E-state index in [2.05, 4.69) is 0 Å². The Bertz CT molecular complexity index is 988. The minimum Gasteiger partial charge on any atom is -0.350 e. The lowest BCUT2D eigenvalue weighted by atomic mass is 9.89. The topological polar surface area (TPSA) is 29.1 Å². The number of benzene rings is 1. The molecule has 1 rings (SSSR count). The van der Waals surface area contributed by atoms with Crippen molar-refractivity contribution in [3.63, 3.8) is 0 Å². The van der Waals surface area contributed by atoms with Gasteiger partial charge >= 0.3 is 47.6 Å². The molecule has 0 fully saturated rings. The number of rotatable bonds is 10. The van der Waals surface area contributed by atoms with Crippen LogP contribution in [0, 0.1) is 0 Å². The minimum atomic E-state index is -8.74. The predicted molar refractivity (Wildman–Crippen MR) is 88.8 cm³/mol. The molecule has 1 aromatic carbocycles. The van der Waals surface area contributed by atoms with Crippen LogP contribution in [-0.2, 0) is 11.2 Å². The maximum atomic E-state index is 13.8. The fourth-order valence-corrected chi connectivity index (χ4v) is 2.64. The van der Waals surface area contributed by atoms with Gasteiger partial charge in [0, 0.05) is 11.6 Å². The highest BCUT2D eigenvalue weighted by Crippen LogP contribution is 2.63. The molecule has 0 aliphatic carbocycles. The molecule has 1 N–H and O–H groups in total. The lowest BCUT2D eigenvalue weighted by molar-refractivity contribution is -0.459. The molecule has 2 nitrogen and oxygen atoms in total. The first-order chi connectivity index (χ1) is 16.1. The monoisotopic (exact) mass is 601 g/mol. The van der Waals surface area contributed by atoms with Crippen LogP contribution in [0.5, 0.6) is 0 Å².